The van der Waals surface area contributed by atoms with E-state index in [4.69, 9.17) is 9.47 Å². The quantitative estimate of drug-likeness (QED) is 0.350. The third kappa shape index (κ3) is 4.88. The van der Waals surface area contributed by atoms with Crippen LogP contribution in [-0.2, 0) is 6.61 Å². The molecule has 0 saturated carbocycles. The minimum atomic E-state index is 0.406. The molecule has 0 aliphatic heterocycles. The van der Waals surface area contributed by atoms with Crippen molar-refractivity contribution in [3.05, 3.63) is 88.5 Å². The van der Waals surface area contributed by atoms with Crippen LogP contribution >= 0.6 is 27.3 Å². The zero-order valence-electron chi connectivity index (χ0n) is 14.7. The van der Waals surface area contributed by atoms with Gasteiger partial charge in [-0.15, -0.1) is 11.3 Å². The molecule has 28 heavy (non-hydrogen) atoms. The first-order valence-corrected chi connectivity index (χ1v) is 10.2. The Morgan fingerprint density at radius 3 is 2.43 bits per heavy atom. The Kier molecular flexibility index (Phi) is 5.84. The van der Waals surface area contributed by atoms with Gasteiger partial charge < -0.3 is 14.8 Å². The van der Waals surface area contributed by atoms with Crippen molar-refractivity contribution < 1.29 is 9.47 Å². The van der Waals surface area contributed by atoms with Gasteiger partial charge in [0, 0.05) is 22.1 Å². The summed E-state index contributed by atoms with van der Waals surface area (Å²) in [5.41, 5.74) is 0.846. The molecular weight excluding hydrogens is 438 g/mol. The van der Waals surface area contributed by atoms with E-state index in [0.717, 1.165) is 26.8 Å². The molecule has 0 unspecified atom stereocenters. The van der Waals surface area contributed by atoms with E-state index in [1.165, 1.54) is 11.3 Å². The SMILES string of the molecule is Brc1cnc(Nc2nc(COc3ccccc3)cs2)c(Oc2ccccc2)c1. The Morgan fingerprint density at radius 2 is 1.68 bits per heavy atom. The Morgan fingerprint density at radius 1 is 0.964 bits per heavy atom. The average molecular weight is 454 g/mol. The number of benzene rings is 2. The van der Waals surface area contributed by atoms with E-state index >= 15 is 0 Å². The molecule has 5 nitrogen and oxygen atoms in total. The summed E-state index contributed by atoms with van der Waals surface area (Å²) in [6.07, 6.45) is 1.72. The Balaban J connectivity index is 1.46. The highest BCUT2D eigenvalue weighted by molar-refractivity contribution is 9.10. The fraction of sp³-hybridized carbons (Fsp3) is 0.0476. The summed E-state index contributed by atoms with van der Waals surface area (Å²) >= 11 is 4.93. The van der Waals surface area contributed by atoms with Crippen LogP contribution in [-0.4, -0.2) is 9.97 Å². The van der Waals surface area contributed by atoms with Crippen molar-refractivity contribution >= 4 is 38.2 Å². The molecule has 0 amide bonds. The predicted molar refractivity (Wildman–Crippen MR) is 115 cm³/mol. The van der Waals surface area contributed by atoms with E-state index < -0.39 is 0 Å². The van der Waals surface area contributed by atoms with Crippen LogP contribution in [0.1, 0.15) is 5.69 Å². The molecule has 0 fully saturated rings. The lowest BCUT2D eigenvalue weighted by molar-refractivity contribution is 0.302. The smallest absolute Gasteiger partial charge is 0.188 e. The van der Waals surface area contributed by atoms with Crippen LogP contribution in [0, 0.1) is 0 Å². The zero-order chi connectivity index (χ0) is 19.2. The molecule has 0 aliphatic carbocycles. The second-order valence-corrected chi connectivity index (χ2v) is 7.56. The van der Waals surface area contributed by atoms with E-state index in [0.29, 0.717) is 18.2 Å². The Bertz CT molecular complexity index is 1040. The lowest BCUT2D eigenvalue weighted by atomic mass is 10.3. The third-order valence-electron chi connectivity index (χ3n) is 3.70. The first-order valence-electron chi connectivity index (χ1n) is 8.54. The molecular formula is C21H16BrN3O2S. The second-order valence-electron chi connectivity index (χ2n) is 5.79. The second kappa shape index (κ2) is 8.86. The van der Waals surface area contributed by atoms with E-state index in [1.807, 2.05) is 72.1 Å². The van der Waals surface area contributed by atoms with E-state index in [-0.39, 0.29) is 0 Å². The van der Waals surface area contributed by atoms with Crippen LogP contribution in [0.15, 0.2) is 82.8 Å². The van der Waals surface area contributed by atoms with Gasteiger partial charge in [0.05, 0.1) is 5.69 Å². The van der Waals surface area contributed by atoms with Crippen LogP contribution in [0.5, 0.6) is 17.2 Å². The lowest BCUT2D eigenvalue weighted by Gasteiger charge is -2.11. The number of thiazole rings is 1. The summed E-state index contributed by atoms with van der Waals surface area (Å²) < 4.78 is 12.5. The van der Waals surface area contributed by atoms with Gasteiger partial charge >= 0.3 is 0 Å². The summed E-state index contributed by atoms with van der Waals surface area (Å²) in [4.78, 5) is 8.99. The van der Waals surface area contributed by atoms with Crippen LogP contribution < -0.4 is 14.8 Å². The first kappa shape index (κ1) is 18.5. The standard InChI is InChI=1S/C21H16BrN3O2S/c22-15-11-19(27-18-9-5-2-6-10-18)20(23-12-15)25-21-24-16(14-28-21)13-26-17-7-3-1-4-8-17/h1-12,14H,13H2,(H,23,24,25). The largest absolute Gasteiger partial charge is 0.487 e. The number of halogens is 1. The van der Waals surface area contributed by atoms with Crippen molar-refractivity contribution in [2.24, 2.45) is 0 Å². The summed E-state index contributed by atoms with van der Waals surface area (Å²) in [6.45, 7) is 0.406. The molecule has 7 heteroatoms. The van der Waals surface area contributed by atoms with E-state index in [1.54, 1.807) is 6.20 Å². The summed E-state index contributed by atoms with van der Waals surface area (Å²) in [7, 11) is 0. The molecule has 0 saturated heterocycles. The maximum atomic E-state index is 5.97. The number of hydrogen-bond acceptors (Lipinski definition) is 6. The highest BCUT2D eigenvalue weighted by atomic mass is 79.9. The molecule has 0 radical (unpaired) electrons. The number of ether oxygens (including phenoxy) is 2. The van der Waals surface area contributed by atoms with Gasteiger partial charge in [-0.3, -0.25) is 0 Å². The van der Waals surface area contributed by atoms with E-state index in [9.17, 15) is 0 Å². The van der Waals surface area contributed by atoms with Crippen molar-refractivity contribution in [1.82, 2.24) is 9.97 Å². The minimum absolute atomic E-state index is 0.406. The van der Waals surface area contributed by atoms with Gasteiger partial charge in [-0.1, -0.05) is 36.4 Å². The number of pyridine rings is 1. The zero-order valence-corrected chi connectivity index (χ0v) is 17.1. The van der Waals surface area contributed by atoms with Crippen LogP contribution in [0.4, 0.5) is 10.9 Å². The molecule has 0 bridgehead atoms. The number of nitrogens with zero attached hydrogens (tertiary/aromatic N) is 2. The summed E-state index contributed by atoms with van der Waals surface area (Å²) in [5, 5.41) is 5.92. The number of anilines is 2. The van der Waals surface area contributed by atoms with Crippen LogP contribution in [0.3, 0.4) is 0 Å². The molecule has 0 atom stereocenters. The van der Waals surface area contributed by atoms with Crippen molar-refractivity contribution in [1.29, 1.82) is 0 Å². The molecule has 0 aliphatic rings. The van der Waals surface area contributed by atoms with Crippen molar-refractivity contribution in [2.75, 3.05) is 5.32 Å². The first-order chi connectivity index (χ1) is 13.8. The predicted octanol–water partition coefficient (Wildman–Crippen LogP) is 6.42. The minimum Gasteiger partial charge on any atom is -0.487 e. The highest BCUT2D eigenvalue weighted by Gasteiger charge is 2.11. The maximum Gasteiger partial charge on any atom is 0.188 e. The lowest BCUT2D eigenvalue weighted by Crippen LogP contribution is -1.99. The van der Waals surface area contributed by atoms with Gasteiger partial charge in [-0.05, 0) is 40.2 Å². The molecule has 140 valence electrons. The molecule has 4 rings (SSSR count). The van der Waals surface area contributed by atoms with Gasteiger partial charge in [0.2, 0.25) is 0 Å². The molecule has 1 N–H and O–H groups in total. The number of rotatable bonds is 7. The van der Waals surface area contributed by atoms with Crippen molar-refractivity contribution in [3.63, 3.8) is 0 Å². The fourth-order valence-electron chi connectivity index (χ4n) is 2.41. The van der Waals surface area contributed by atoms with Crippen molar-refractivity contribution in [2.45, 2.75) is 6.61 Å². The summed E-state index contributed by atoms with van der Waals surface area (Å²) in [5.74, 6) is 2.76. The van der Waals surface area contributed by atoms with Gasteiger partial charge in [0.15, 0.2) is 16.7 Å². The topological polar surface area (TPSA) is 56.3 Å². The monoisotopic (exact) mass is 453 g/mol. The molecule has 2 aromatic carbocycles. The van der Waals surface area contributed by atoms with Crippen LogP contribution in [0.25, 0.3) is 0 Å². The number of aromatic nitrogens is 2. The fourth-order valence-corrected chi connectivity index (χ4v) is 3.42. The van der Waals surface area contributed by atoms with Gasteiger partial charge in [0.25, 0.3) is 0 Å². The number of nitrogens with one attached hydrogen (secondary N) is 1. The maximum absolute atomic E-state index is 5.97. The number of hydrogen-bond donors (Lipinski definition) is 1. The van der Waals surface area contributed by atoms with E-state index in [2.05, 4.69) is 31.2 Å². The molecule has 2 heterocycles. The summed E-state index contributed by atoms with van der Waals surface area (Å²) in [6, 6.07) is 21.1. The van der Waals surface area contributed by atoms with Gasteiger partial charge in [-0.25, -0.2) is 9.97 Å². The Labute approximate surface area is 175 Å². The van der Waals surface area contributed by atoms with Gasteiger partial charge in [0.1, 0.15) is 18.1 Å². The average Bonchev–Trinajstić information content (AvgIpc) is 3.17. The molecule has 2 aromatic heterocycles. The Hall–Kier alpha value is -2.90. The van der Waals surface area contributed by atoms with Crippen molar-refractivity contribution in [3.8, 4) is 17.2 Å². The molecule has 4 aromatic rings. The highest BCUT2D eigenvalue weighted by Crippen LogP contribution is 2.33. The third-order valence-corrected chi connectivity index (χ3v) is 4.94. The van der Waals surface area contributed by atoms with Gasteiger partial charge in [-0.2, -0.15) is 0 Å². The number of para-hydroxylation sites is 2. The van der Waals surface area contributed by atoms with Crippen LogP contribution in [0.2, 0.25) is 0 Å². The normalized spacial score (nSPS) is 10.5. The molecule has 0 spiro atoms.